The standard InChI is InChI=1S/C16H23N7O2/c1-11-7-17-13(12(2)16(11)25)8-18-15(24)10-23-14(19-20-21-23)9-22-5-3-4-6-22/h7H,3-6,8-10H2,1-2H3,(H,17,25)(H,18,24). The number of aromatic amines is 1. The van der Waals surface area contributed by atoms with E-state index in [0.29, 0.717) is 29.2 Å². The number of nitrogens with zero attached hydrogens (tertiary/aromatic N) is 5. The van der Waals surface area contributed by atoms with Gasteiger partial charge in [0, 0.05) is 23.0 Å². The highest BCUT2D eigenvalue weighted by Gasteiger charge is 2.17. The average Bonchev–Trinajstić information content (AvgIpc) is 3.25. The topological polar surface area (TPSA) is 109 Å². The van der Waals surface area contributed by atoms with Crippen LogP contribution in [0.1, 0.15) is 35.5 Å². The van der Waals surface area contributed by atoms with Crippen LogP contribution in [0.2, 0.25) is 0 Å². The largest absolute Gasteiger partial charge is 0.363 e. The Bertz CT molecular complexity index is 805. The Morgan fingerprint density at radius 3 is 2.84 bits per heavy atom. The number of amides is 1. The Balaban J connectivity index is 1.57. The number of hydrogen-bond acceptors (Lipinski definition) is 6. The molecule has 1 amide bonds. The molecule has 2 aromatic rings. The molecule has 3 rings (SSSR count). The molecule has 1 saturated heterocycles. The van der Waals surface area contributed by atoms with Gasteiger partial charge in [-0.15, -0.1) is 5.10 Å². The van der Waals surface area contributed by atoms with Gasteiger partial charge in [-0.05, 0) is 50.2 Å². The Morgan fingerprint density at radius 1 is 1.32 bits per heavy atom. The van der Waals surface area contributed by atoms with Crippen LogP contribution in [0.25, 0.3) is 0 Å². The molecule has 2 N–H and O–H groups in total. The van der Waals surface area contributed by atoms with Gasteiger partial charge in [0.1, 0.15) is 6.54 Å². The zero-order chi connectivity index (χ0) is 17.8. The van der Waals surface area contributed by atoms with Gasteiger partial charge in [0.15, 0.2) is 11.3 Å². The van der Waals surface area contributed by atoms with Gasteiger partial charge < -0.3 is 10.3 Å². The SMILES string of the molecule is Cc1c[nH]c(CNC(=O)Cn2nnnc2CN2CCCC2)c(C)c1=O. The Kier molecular flexibility index (Phi) is 5.22. The van der Waals surface area contributed by atoms with Crippen LogP contribution in [0.3, 0.4) is 0 Å². The maximum Gasteiger partial charge on any atom is 0.242 e. The normalized spacial score (nSPS) is 14.8. The number of carbonyl (C=O) groups is 1. The smallest absolute Gasteiger partial charge is 0.242 e. The lowest BCUT2D eigenvalue weighted by molar-refractivity contribution is -0.122. The van der Waals surface area contributed by atoms with E-state index in [4.69, 9.17) is 0 Å². The van der Waals surface area contributed by atoms with Crippen LogP contribution in [-0.2, 0) is 24.4 Å². The van der Waals surface area contributed by atoms with Crippen molar-refractivity contribution < 1.29 is 4.79 Å². The van der Waals surface area contributed by atoms with E-state index in [2.05, 4.69) is 30.7 Å². The van der Waals surface area contributed by atoms with Crippen LogP contribution in [0.15, 0.2) is 11.0 Å². The number of carbonyl (C=O) groups excluding carboxylic acids is 1. The molecule has 0 bridgehead atoms. The van der Waals surface area contributed by atoms with Crippen LogP contribution in [0.4, 0.5) is 0 Å². The molecule has 0 aliphatic carbocycles. The molecular formula is C16H23N7O2. The van der Waals surface area contributed by atoms with Gasteiger partial charge in [0.25, 0.3) is 0 Å². The second-order valence-corrected chi connectivity index (χ2v) is 6.42. The molecule has 2 aromatic heterocycles. The lowest BCUT2D eigenvalue weighted by Crippen LogP contribution is -2.30. The van der Waals surface area contributed by atoms with Crippen LogP contribution >= 0.6 is 0 Å². The number of pyridine rings is 1. The number of aromatic nitrogens is 5. The molecule has 0 saturated carbocycles. The molecule has 9 heteroatoms. The van der Waals surface area contributed by atoms with Crippen LogP contribution in [-0.4, -0.2) is 49.1 Å². The third kappa shape index (κ3) is 4.11. The minimum absolute atomic E-state index is 0.00336. The van der Waals surface area contributed by atoms with Crippen molar-refractivity contribution >= 4 is 5.91 Å². The lowest BCUT2D eigenvalue weighted by Gasteiger charge is -2.13. The summed E-state index contributed by atoms with van der Waals surface area (Å²) >= 11 is 0. The number of rotatable bonds is 6. The number of likely N-dealkylation sites (tertiary alicyclic amines) is 1. The van der Waals surface area contributed by atoms with Crippen LogP contribution in [0, 0.1) is 13.8 Å². The Hall–Kier alpha value is -2.55. The van der Waals surface area contributed by atoms with E-state index in [-0.39, 0.29) is 24.4 Å². The van der Waals surface area contributed by atoms with E-state index >= 15 is 0 Å². The van der Waals surface area contributed by atoms with Crippen molar-refractivity contribution in [2.75, 3.05) is 13.1 Å². The van der Waals surface area contributed by atoms with Crippen molar-refractivity contribution in [1.82, 2.24) is 35.4 Å². The van der Waals surface area contributed by atoms with E-state index in [1.807, 2.05) is 0 Å². The Labute approximate surface area is 145 Å². The van der Waals surface area contributed by atoms with Gasteiger partial charge in [-0.3, -0.25) is 14.5 Å². The number of hydrogen-bond donors (Lipinski definition) is 2. The van der Waals surface area contributed by atoms with Crippen LogP contribution < -0.4 is 10.7 Å². The molecule has 25 heavy (non-hydrogen) atoms. The Morgan fingerprint density at radius 2 is 2.08 bits per heavy atom. The maximum atomic E-state index is 12.2. The predicted octanol–water partition coefficient (Wildman–Crippen LogP) is -0.110. The highest BCUT2D eigenvalue weighted by molar-refractivity contribution is 5.75. The zero-order valence-corrected chi connectivity index (χ0v) is 14.6. The first kappa shape index (κ1) is 17.3. The quantitative estimate of drug-likeness (QED) is 0.756. The molecule has 134 valence electrons. The van der Waals surface area contributed by atoms with Crippen molar-refractivity contribution in [3.8, 4) is 0 Å². The fraction of sp³-hybridized carbons (Fsp3) is 0.562. The summed E-state index contributed by atoms with van der Waals surface area (Å²) in [4.78, 5) is 29.5. The molecule has 0 spiro atoms. The summed E-state index contributed by atoms with van der Waals surface area (Å²) < 4.78 is 1.53. The van der Waals surface area contributed by atoms with Crippen molar-refractivity contribution in [1.29, 1.82) is 0 Å². The molecule has 1 fully saturated rings. The maximum absolute atomic E-state index is 12.2. The van der Waals surface area contributed by atoms with E-state index in [0.717, 1.165) is 13.1 Å². The van der Waals surface area contributed by atoms with Gasteiger partial charge in [0.05, 0.1) is 13.1 Å². The summed E-state index contributed by atoms with van der Waals surface area (Å²) in [5, 5.41) is 14.4. The van der Waals surface area contributed by atoms with E-state index in [1.54, 1.807) is 20.0 Å². The summed E-state index contributed by atoms with van der Waals surface area (Å²) in [5.41, 5.74) is 1.99. The molecule has 3 heterocycles. The van der Waals surface area contributed by atoms with Crippen molar-refractivity contribution in [2.45, 2.75) is 46.3 Å². The molecular weight excluding hydrogens is 322 g/mol. The highest BCUT2D eigenvalue weighted by Crippen LogP contribution is 2.10. The summed E-state index contributed by atoms with van der Waals surface area (Å²) in [6.07, 6.45) is 4.04. The fourth-order valence-electron chi connectivity index (χ4n) is 2.96. The van der Waals surface area contributed by atoms with Crippen molar-refractivity contribution in [2.24, 2.45) is 0 Å². The minimum atomic E-state index is -0.198. The van der Waals surface area contributed by atoms with Crippen LogP contribution in [0.5, 0.6) is 0 Å². The number of nitrogens with one attached hydrogen (secondary N) is 2. The highest BCUT2D eigenvalue weighted by atomic mass is 16.2. The number of tetrazole rings is 1. The van der Waals surface area contributed by atoms with Gasteiger partial charge in [-0.1, -0.05) is 0 Å². The third-order valence-corrected chi connectivity index (χ3v) is 4.54. The lowest BCUT2D eigenvalue weighted by atomic mass is 10.1. The van der Waals surface area contributed by atoms with Crippen molar-refractivity contribution in [3.63, 3.8) is 0 Å². The summed E-state index contributed by atoms with van der Waals surface area (Å²) in [6.45, 7) is 6.58. The minimum Gasteiger partial charge on any atom is -0.363 e. The molecule has 0 unspecified atom stereocenters. The van der Waals surface area contributed by atoms with Gasteiger partial charge in [-0.2, -0.15) is 0 Å². The predicted molar refractivity (Wildman–Crippen MR) is 90.7 cm³/mol. The molecule has 0 radical (unpaired) electrons. The average molecular weight is 345 g/mol. The fourth-order valence-corrected chi connectivity index (χ4v) is 2.96. The first-order chi connectivity index (χ1) is 12.0. The van der Waals surface area contributed by atoms with E-state index in [1.165, 1.54) is 17.5 Å². The molecule has 1 aliphatic heterocycles. The summed E-state index contributed by atoms with van der Waals surface area (Å²) in [5.74, 6) is 0.493. The summed E-state index contributed by atoms with van der Waals surface area (Å²) in [7, 11) is 0. The molecule has 0 aromatic carbocycles. The van der Waals surface area contributed by atoms with Gasteiger partial charge >= 0.3 is 0 Å². The van der Waals surface area contributed by atoms with E-state index < -0.39 is 0 Å². The summed E-state index contributed by atoms with van der Waals surface area (Å²) in [6, 6.07) is 0. The van der Waals surface area contributed by atoms with Crippen molar-refractivity contribution in [3.05, 3.63) is 39.1 Å². The monoisotopic (exact) mass is 345 g/mol. The zero-order valence-electron chi connectivity index (χ0n) is 14.6. The molecule has 9 nitrogen and oxygen atoms in total. The number of aryl methyl sites for hydroxylation is 1. The second kappa shape index (κ2) is 7.56. The third-order valence-electron chi connectivity index (χ3n) is 4.54. The molecule has 0 atom stereocenters. The second-order valence-electron chi connectivity index (χ2n) is 6.42. The first-order valence-electron chi connectivity index (χ1n) is 8.46. The van der Waals surface area contributed by atoms with Gasteiger partial charge in [-0.25, -0.2) is 4.68 Å². The molecule has 1 aliphatic rings. The first-order valence-corrected chi connectivity index (χ1v) is 8.46. The number of H-pyrrole nitrogens is 1. The van der Waals surface area contributed by atoms with Gasteiger partial charge in [0.2, 0.25) is 5.91 Å². The van der Waals surface area contributed by atoms with E-state index in [9.17, 15) is 9.59 Å².